The van der Waals surface area contributed by atoms with Crippen molar-refractivity contribution >= 4 is 17.3 Å². The summed E-state index contributed by atoms with van der Waals surface area (Å²) in [4.78, 5) is 14.6. The Morgan fingerprint density at radius 3 is 2.28 bits per heavy atom. The van der Waals surface area contributed by atoms with Crippen LogP contribution in [0.5, 0.6) is 0 Å². The van der Waals surface area contributed by atoms with Crippen LogP contribution in [-0.2, 0) is 6.18 Å². The zero-order chi connectivity index (χ0) is 17.9. The molecule has 3 nitrogen and oxygen atoms in total. The number of carbonyl (C=O) groups is 1. The highest BCUT2D eigenvalue weighted by Gasteiger charge is 2.35. The Balaban J connectivity index is 1.88. The summed E-state index contributed by atoms with van der Waals surface area (Å²) in [7, 11) is 0. The molecular weight excluding hydrogens is 329 g/mol. The number of halogens is 3. The standard InChI is InChI=1S/C19H19F3N2O/c20-19(21,22)15-9-3-2-8-14(15)18(25)23-16-10-4-5-11-17(16)24-12-6-1-7-13-24/h2-5,8-11H,1,6-7,12-13H2,(H,23,25). The van der Waals surface area contributed by atoms with Gasteiger partial charge in [-0.3, -0.25) is 4.79 Å². The number of hydrogen-bond donors (Lipinski definition) is 1. The number of piperidine rings is 1. The molecule has 132 valence electrons. The maximum absolute atomic E-state index is 13.1. The van der Waals surface area contributed by atoms with Gasteiger partial charge in [-0.15, -0.1) is 0 Å². The lowest BCUT2D eigenvalue weighted by molar-refractivity contribution is -0.137. The molecule has 0 aromatic heterocycles. The number of rotatable bonds is 3. The van der Waals surface area contributed by atoms with Gasteiger partial charge in [-0.05, 0) is 43.5 Å². The van der Waals surface area contributed by atoms with Crippen molar-refractivity contribution in [3.8, 4) is 0 Å². The lowest BCUT2D eigenvalue weighted by Crippen LogP contribution is -2.30. The van der Waals surface area contributed by atoms with E-state index in [4.69, 9.17) is 0 Å². The SMILES string of the molecule is O=C(Nc1ccccc1N1CCCCC1)c1ccccc1C(F)(F)F. The molecule has 1 amide bonds. The predicted octanol–water partition coefficient (Wildman–Crippen LogP) is 4.95. The highest BCUT2D eigenvalue weighted by atomic mass is 19.4. The van der Waals surface area contributed by atoms with Crippen molar-refractivity contribution in [1.82, 2.24) is 0 Å². The molecular formula is C19H19F3N2O. The first-order valence-electron chi connectivity index (χ1n) is 8.28. The quantitative estimate of drug-likeness (QED) is 0.851. The minimum absolute atomic E-state index is 0.372. The van der Waals surface area contributed by atoms with Crippen LogP contribution in [0.1, 0.15) is 35.2 Å². The lowest BCUT2D eigenvalue weighted by atomic mass is 10.1. The van der Waals surface area contributed by atoms with Gasteiger partial charge >= 0.3 is 6.18 Å². The van der Waals surface area contributed by atoms with E-state index in [-0.39, 0.29) is 5.56 Å². The third kappa shape index (κ3) is 3.95. The Kier molecular flexibility index (Phi) is 4.97. The van der Waals surface area contributed by atoms with Crippen molar-refractivity contribution in [2.24, 2.45) is 0 Å². The molecule has 1 aliphatic heterocycles. The maximum Gasteiger partial charge on any atom is 0.417 e. The van der Waals surface area contributed by atoms with Crippen molar-refractivity contribution in [3.63, 3.8) is 0 Å². The normalized spacial score (nSPS) is 15.1. The minimum Gasteiger partial charge on any atom is -0.370 e. The molecule has 25 heavy (non-hydrogen) atoms. The van der Waals surface area contributed by atoms with E-state index >= 15 is 0 Å². The van der Waals surface area contributed by atoms with Crippen LogP contribution >= 0.6 is 0 Å². The van der Waals surface area contributed by atoms with Crippen molar-refractivity contribution in [3.05, 3.63) is 59.7 Å². The number of nitrogens with one attached hydrogen (secondary N) is 1. The third-order valence-corrected chi connectivity index (χ3v) is 4.33. The highest BCUT2D eigenvalue weighted by molar-refractivity contribution is 6.07. The number of benzene rings is 2. The van der Waals surface area contributed by atoms with E-state index in [1.54, 1.807) is 12.1 Å². The fourth-order valence-electron chi connectivity index (χ4n) is 3.11. The molecule has 6 heteroatoms. The van der Waals surface area contributed by atoms with Crippen LogP contribution in [0.4, 0.5) is 24.5 Å². The van der Waals surface area contributed by atoms with E-state index in [9.17, 15) is 18.0 Å². The fourth-order valence-corrected chi connectivity index (χ4v) is 3.11. The highest BCUT2D eigenvalue weighted by Crippen LogP contribution is 2.33. The fraction of sp³-hybridized carbons (Fsp3) is 0.316. The summed E-state index contributed by atoms with van der Waals surface area (Å²) in [6, 6.07) is 12.1. The molecule has 1 N–H and O–H groups in total. The number of amides is 1. The molecule has 0 saturated carbocycles. The summed E-state index contributed by atoms with van der Waals surface area (Å²) >= 11 is 0. The van der Waals surface area contributed by atoms with Crippen LogP contribution in [0, 0.1) is 0 Å². The molecule has 2 aromatic carbocycles. The molecule has 1 aliphatic rings. The molecule has 0 spiro atoms. The molecule has 1 heterocycles. The van der Waals surface area contributed by atoms with Gasteiger partial charge in [0.15, 0.2) is 0 Å². The van der Waals surface area contributed by atoms with E-state index in [0.29, 0.717) is 5.69 Å². The zero-order valence-electron chi connectivity index (χ0n) is 13.6. The van der Waals surface area contributed by atoms with Gasteiger partial charge in [0, 0.05) is 13.1 Å². The van der Waals surface area contributed by atoms with Gasteiger partial charge in [0.2, 0.25) is 0 Å². The first-order chi connectivity index (χ1) is 12.0. The smallest absolute Gasteiger partial charge is 0.370 e. The van der Waals surface area contributed by atoms with Crippen molar-refractivity contribution in [1.29, 1.82) is 0 Å². The van der Waals surface area contributed by atoms with Gasteiger partial charge in [0.05, 0.1) is 22.5 Å². The Hall–Kier alpha value is -2.50. The van der Waals surface area contributed by atoms with Crippen LogP contribution in [0.15, 0.2) is 48.5 Å². The van der Waals surface area contributed by atoms with Crippen LogP contribution in [-0.4, -0.2) is 19.0 Å². The van der Waals surface area contributed by atoms with Gasteiger partial charge in [0.1, 0.15) is 0 Å². The zero-order valence-corrected chi connectivity index (χ0v) is 13.6. The number of hydrogen-bond acceptors (Lipinski definition) is 2. The summed E-state index contributed by atoms with van der Waals surface area (Å²) < 4.78 is 39.4. The van der Waals surface area contributed by atoms with Gasteiger partial charge in [-0.1, -0.05) is 24.3 Å². The van der Waals surface area contributed by atoms with Gasteiger partial charge in [-0.25, -0.2) is 0 Å². The second-order valence-electron chi connectivity index (χ2n) is 6.06. The third-order valence-electron chi connectivity index (χ3n) is 4.33. The second-order valence-corrected chi connectivity index (χ2v) is 6.06. The van der Waals surface area contributed by atoms with E-state index < -0.39 is 17.6 Å². The summed E-state index contributed by atoms with van der Waals surface area (Å²) in [5.41, 5.74) is 0.0813. The average Bonchev–Trinajstić information content (AvgIpc) is 2.62. The van der Waals surface area contributed by atoms with E-state index in [1.165, 1.54) is 24.6 Å². The number of nitrogens with zero attached hydrogens (tertiary/aromatic N) is 1. The molecule has 0 atom stereocenters. The van der Waals surface area contributed by atoms with Crippen molar-refractivity contribution in [2.75, 3.05) is 23.3 Å². The topological polar surface area (TPSA) is 32.3 Å². The second kappa shape index (κ2) is 7.17. The first-order valence-corrected chi connectivity index (χ1v) is 8.28. The number of para-hydroxylation sites is 2. The average molecular weight is 348 g/mol. The van der Waals surface area contributed by atoms with Crippen molar-refractivity contribution < 1.29 is 18.0 Å². The molecule has 1 saturated heterocycles. The van der Waals surface area contributed by atoms with E-state index in [1.807, 2.05) is 12.1 Å². The predicted molar refractivity (Wildman–Crippen MR) is 91.9 cm³/mol. The van der Waals surface area contributed by atoms with Gasteiger partial charge < -0.3 is 10.2 Å². The summed E-state index contributed by atoms with van der Waals surface area (Å²) in [6.45, 7) is 1.76. The van der Waals surface area contributed by atoms with Gasteiger partial charge in [-0.2, -0.15) is 13.2 Å². The van der Waals surface area contributed by atoms with Crippen molar-refractivity contribution in [2.45, 2.75) is 25.4 Å². The molecule has 0 radical (unpaired) electrons. The Bertz CT molecular complexity index is 752. The van der Waals surface area contributed by atoms with Crippen LogP contribution in [0.2, 0.25) is 0 Å². The molecule has 3 rings (SSSR count). The molecule has 0 unspecified atom stereocenters. The number of alkyl halides is 3. The minimum atomic E-state index is -4.57. The molecule has 1 fully saturated rings. The Morgan fingerprint density at radius 1 is 0.920 bits per heavy atom. The largest absolute Gasteiger partial charge is 0.417 e. The first kappa shape index (κ1) is 17.3. The molecule has 0 bridgehead atoms. The monoisotopic (exact) mass is 348 g/mol. The summed E-state index contributed by atoms with van der Waals surface area (Å²) in [6.07, 6.45) is -1.26. The maximum atomic E-state index is 13.1. The van der Waals surface area contributed by atoms with E-state index in [2.05, 4.69) is 10.2 Å². The summed E-state index contributed by atoms with van der Waals surface area (Å²) in [5.74, 6) is -0.752. The number of anilines is 2. The van der Waals surface area contributed by atoms with E-state index in [0.717, 1.165) is 37.7 Å². The van der Waals surface area contributed by atoms with Crippen LogP contribution in [0.3, 0.4) is 0 Å². The van der Waals surface area contributed by atoms with Crippen LogP contribution < -0.4 is 10.2 Å². The van der Waals surface area contributed by atoms with Crippen LogP contribution in [0.25, 0.3) is 0 Å². The molecule has 2 aromatic rings. The van der Waals surface area contributed by atoms with Gasteiger partial charge in [0.25, 0.3) is 5.91 Å². The number of carbonyl (C=O) groups excluding carboxylic acids is 1. The Morgan fingerprint density at radius 2 is 1.56 bits per heavy atom. The summed E-state index contributed by atoms with van der Waals surface area (Å²) in [5, 5.41) is 2.66. The Labute approximate surface area is 144 Å². The molecule has 0 aliphatic carbocycles. The lowest BCUT2D eigenvalue weighted by Gasteiger charge is -2.30.